The number of benzene rings is 3. The quantitative estimate of drug-likeness (QED) is 0.176. The number of hydrazone groups is 1. The Labute approximate surface area is 203 Å². The molecule has 0 spiro atoms. The van der Waals surface area contributed by atoms with Gasteiger partial charge in [0.2, 0.25) is 17.0 Å². The lowest BCUT2D eigenvalue weighted by atomic mass is 10.0. The first kappa shape index (κ1) is 24.3. The summed E-state index contributed by atoms with van der Waals surface area (Å²) in [7, 11) is 0. The van der Waals surface area contributed by atoms with E-state index in [0.29, 0.717) is 16.7 Å². The molecule has 180 valence electrons. The molecule has 11 heteroatoms. The highest BCUT2D eigenvalue weighted by molar-refractivity contribution is 7.99. The van der Waals surface area contributed by atoms with Gasteiger partial charge in [0.15, 0.2) is 0 Å². The minimum Gasteiger partial charge on any atom is -0.351 e. The van der Waals surface area contributed by atoms with Gasteiger partial charge in [-0.25, -0.2) is 10.5 Å². The van der Waals surface area contributed by atoms with E-state index in [2.05, 4.69) is 37.1 Å². The minimum atomic E-state index is -4.39. The van der Waals surface area contributed by atoms with Crippen LogP contribution in [-0.4, -0.2) is 32.6 Å². The van der Waals surface area contributed by atoms with Crippen molar-refractivity contribution in [2.24, 2.45) is 5.10 Å². The summed E-state index contributed by atoms with van der Waals surface area (Å²) in [6.07, 6.45) is -4.39. The van der Waals surface area contributed by atoms with E-state index in [0.717, 1.165) is 45.9 Å². The summed E-state index contributed by atoms with van der Waals surface area (Å²) in [5.74, 6) is 0.0919. The zero-order valence-electron chi connectivity index (χ0n) is 18.6. The van der Waals surface area contributed by atoms with E-state index in [1.807, 2.05) is 43.3 Å². The molecule has 4 rings (SSSR count). The van der Waals surface area contributed by atoms with Crippen molar-refractivity contribution in [1.82, 2.24) is 20.5 Å². The highest BCUT2D eigenvalue weighted by Gasteiger charge is 2.29. The molecule has 1 aromatic heterocycles. The molecule has 3 aromatic carbocycles. The van der Waals surface area contributed by atoms with E-state index in [9.17, 15) is 18.0 Å². The monoisotopic (exact) mass is 498 g/mol. The number of hydrogen-bond donors (Lipinski definition) is 3. The Kier molecular flexibility index (Phi) is 7.35. The number of nitrogens with zero attached hydrogens (tertiary/aromatic N) is 3. The van der Waals surface area contributed by atoms with Gasteiger partial charge in [-0.3, -0.25) is 4.79 Å². The number of halogens is 3. The van der Waals surface area contributed by atoms with Crippen molar-refractivity contribution in [2.45, 2.75) is 24.8 Å². The first-order valence-corrected chi connectivity index (χ1v) is 11.5. The van der Waals surface area contributed by atoms with Gasteiger partial charge in [0, 0.05) is 6.54 Å². The van der Waals surface area contributed by atoms with Crippen molar-refractivity contribution < 1.29 is 18.0 Å². The maximum Gasteiger partial charge on any atom is 0.416 e. The number of rotatable bonds is 8. The molecular weight excluding hydrogens is 477 g/mol. The van der Waals surface area contributed by atoms with Crippen molar-refractivity contribution in [3.05, 3.63) is 83.4 Å². The first-order chi connectivity index (χ1) is 16.8. The highest BCUT2D eigenvalue weighted by Crippen LogP contribution is 2.29. The van der Waals surface area contributed by atoms with Crippen LogP contribution in [0.3, 0.4) is 0 Å². The summed E-state index contributed by atoms with van der Waals surface area (Å²) in [6.45, 7) is 2.01. The Balaban J connectivity index is 1.25. The van der Waals surface area contributed by atoms with Crippen LogP contribution in [0.15, 0.2) is 77.0 Å². The summed E-state index contributed by atoms with van der Waals surface area (Å²) in [4.78, 5) is 16.3. The molecule has 1 amide bonds. The number of anilines is 1. The Hall–Kier alpha value is -3.86. The number of carbonyl (C=O) groups is 1. The fraction of sp³-hybridized carbons (Fsp3) is 0.167. The Morgan fingerprint density at radius 3 is 2.54 bits per heavy atom. The molecule has 0 bridgehead atoms. The summed E-state index contributed by atoms with van der Waals surface area (Å²) < 4.78 is 37.8. The first-order valence-electron chi connectivity index (χ1n) is 10.6. The SMILES string of the molecule is C/C(=N\Nc1nc(SCC(=O)NCc2ccc(C(F)(F)F)cc2)n[nH]1)c1ccc2ccccc2c1. The van der Waals surface area contributed by atoms with Gasteiger partial charge in [-0.2, -0.15) is 23.3 Å². The van der Waals surface area contributed by atoms with E-state index >= 15 is 0 Å². The molecule has 0 aliphatic heterocycles. The van der Waals surface area contributed by atoms with Crippen LogP contribution >= 0.6 is 11.8 Å². The average Bonchev–Trinajstić information content (AvgIpc) is 3.32. The van der Waals surface area contributed by atoms with Gasteiger partial charge in [-0.15, -0.1) is 5.10 Å². The van der Waals surface area contributed by atoms with Crippen LogP contribution in [0.5, 0.6) is 0 Å². The number of thioether (sulfide) groups is 1. The minimum absolute atomic E-state index is 0.0529. The van der Waals surface area contributed by atoms with E-state index in [4.69, 9.17) is 0 Å². The second kappa shape index (κ2) is 10.6. The number of amides is 1. The third-order valence-electron chi connectivity index (χ3n) is 5.06. The Bertz CT molecular complexity index is 1350. The molecule has 0 saturated heterocycles. The maximum absolute atomic E-state index is 12.6. The van der Waals surface area contributed by atoms with Crippen molar-refractivity contribution >= 4 is 40.1 Å². The Morgan fingerprint density at radius 1 is 1.06 bits per heavy atom. The molecule has 0 atom stereocenters. The number of aromatic amines is 1. The summed E-state index contributed by atoms with van der Waals surface area (Å²) >= 11 is 1.12. The molecule has 7 nitrogen and oxygen atoms in total. The van der Waals surface area contributed by atoms with Crippen LogP contribution in [0.25, 0.3) is 10.8 Å². The van der Waals surface area contributed by atoms with Gasteiger partial charge in [-0.1, -0.05) is 60.3 Å². The largest absolute Gasteiger partial charge is 0.416 e. The van der Waals surface area contributed by atoms with Crippen LogP contribution in [0.2, 0.25) is 0 Å². The number of hydrogen-bond acceptors (Lipinski definition) is 6. The van der Waals surface area contributed by atoms with Crippen molar-refractivity contribution in [3.63, 3.8) is 0 Å². The molecule has 35 heavy (non-hydrogen) atoms. The molecule has 0 radical (unpaired) electrons. The van der Waals surface area contributed by atoms with Gasteiger partial charge < -0.3 is 5.32 Å². The molecular formula is C24H21F3N6OS. The molecule has 0 aliphatic rings. The fourth-order valence-corrected chi connectivity index (χ4v) is 3.80. The Morgan fingerprint density at radius 2 is 1.80 bits per heavy atom. The molecule has 3 N–H and O–H groups in total. The number of nitrogens with one attached hydrogen (secondary N) is 3. The third-order valence-corrected chi connectivity index (χ3v) is 5.91. The van der Waals surface area contributed by atoms with Crippen LogP contribution in [0.4, 0.5) is 19.1 Å². The molecule has 0 saturated carbocycles. The second-order valence-corrected chi connectivity index (χ2v) is 8.54. The molecule has 0 fully saturated rings. The van der Waals surface area contributed by atoms with Crippen molar-refractivity contribution in [2.75, 3.05) is 11.2 Å². The van der Waals surface area contributed by atoms with Crippen LogP contribution in [0, 0.1) is 0 Å². The zero-order chi connectivity index (χ0) is 24.8. The molecule has 0 unspecified atom stereocenters. The average molecular weight is 499 g/mol. The summed E-state index contributed by atoms with van der Waals surface area (Å²) in [5, 5.41) is 16.4. The van der Waals surface area contributed by atoms with Crippen LogP contribution in [-0.2, 0) is 17.5 Å². The predicted octanol–water partition coefficient (Wildman–Crippen LogP) is 5.22. The number of carbonyl (C=O) groups excluding carboxylic acids is 1. The standard InChI is InChI=1S/C24H21F3N6OS/c1-15(18-9-8-17-4-2-3-5-19(17)12-18)30-31-22-29-23(33-32-22)35-14-21(34)28-13-16-6-10-20(11-7-16)24(25,26)27/h2-12H,13-14H2,1H3,(H,28,34)(H2,29,31,32,33)/b30-15+. The van der Waals surface area contributed by atoms with Gasteiger partial charge in [0.1, 0.15) is 0 Å². The number of alkyl halides is 3. The lowest BCUT2D eigenvalue weighted by molar-refractivity contribution is -0.137. The van der Waals surface area contributed by atoms with Gasteiger partial charge >= 0.3 is 6.18 Å². The lowest BCUT2D eigenvalue weighted by Gasteiger charge is -2.08. The fourth-order valence-electron chi connectivity index (χ4n) is 3.17. The normalized spacial score (nSPS) is 12.1. The van der Waals surface area contributed by atoms with Crippen molar-refractivity contribution in [3.8, 4) is 0 Å². The summed E-state index contributed by atoms with van der Waals surface area (Å²) in [6, 6.07) is 18.8. The lowest BCUT2D eigenvalue weighted by Crippen LogP contribution is -2.24. The van der Waals surface area contributed by atoms with Gasteiger partial charge in [0.25, 0.3) is 0 Å². The molecule has 1 heterocycles. The number of aromatic nitrogens is 3. The van der Waals surface area contributed by atoms with E-state index in [-0.39, 0.29) is 18.2 Å². The highest BCUT2D eigenvalue weighted by atomic mass is 32.2. The predicted molar refractivity (Wildman–Crippen MR) is 130 cm³/mol. The third kappa shape index (κ3) is 6.60. The topological polar surface area (TPSA) is 95.1 Å². The number of fused-ring (bicyclic) bond motifs is 1. The van der Waals surface area contributed by atoms with Crippen molar-refractivity contribution in [1.29, 1.82) is 0 Å². The van der Waals surface area contributed by atoms with Crippen LogP contribution in [0.1, 0.15) is 23.6 Å². The maximum atomic E-state index is 12.6. The van der Waals surface area contributed by atoms with E-state index < -0.39 is 11.7 Å². The number of H-pyrrole nitrogens is 1. The van der Waals surface area contributed by atoms with Crippen LogP contribution < -0.4 is 10.7 Å². The second-order valence-electron chi connectivity index (χ2n) is 7.60. The molecule has 4 aromatic rings. The van der Waals surface area contributed by atoms with E-state index in [1.54, 1.807) is 0 Å². The van der Waals surface area contributed by atoms with Gasteiger partial charge in [0.05, 0.1) is 17.0 Å². The van der Waals surface area contributed by atoms with E-state index in [1.165, 1.54) is 12.1 Å². The summed E-state index contributed by atoms with van der Waals surface area (Å²) in [5.41, 5.74) is 4.40. The molecule has 0 aliphatic carbocycles. The zero-order valence-corrected chi connectivity index (χ0v) is 19.4. The smallest absolute Gasteiger partial charge is 0.351 e. The van der Waals surface area contributed by atoms with Gasteiger partial charge in [-0.05, 0) is 47.0 Å².